The standard InChI is InChI=1S/C22H20N4OS/c1-16-20(13-23)22(25-17(2)24-16)28-15-21(27)26(19-11-7-4-8-12-19)14-18-9-5-3-6-10-18/h3-12H,14-15H2,1-2H3. The summed E-state index contributed by atoms with van der Waals surface area (Å²) in [6.45, 7) is 4.05. The second-order valence-corrected chi connectivity index (χ2v) is 7.20. The van der Waals surface area contributed by atoms with Crippen molar-refractivity contribution in [1.82, 2.24) is 9.97 Å². The Bertz CT molecular complexity index is 1000. The highest BCUT2D eigenvalue weighted by atomic mass is 32.2. The first-order chi connectivity index (χ1) is 13.6. The third-order valence-electron chi connectivity index (χ3n) is 4.17. The van der Waals surface area contributed by atoms with Crippen molar-refractivity contribution in [1.29, 1.82) is 5.26 Å². The summed E-state index contributed by atoms with van der Waals surface area (Å²) in [7, 11) is 0. The molecule has 140 valence electrons. The quantitative estimate of drug-likeness (QED) is 0.465. The molecule has 5 nitrogen and oxygen atoms in total. The summed E-state index contributed by atoms with van der Waals surface area (Å²) >= 11 is 1.28. The zero-order valence-corrected chi connectivity index (χ0v) is 16.6. The molecule has 1 amide bonds. The Kier molecular flexibility index (Phi) is 6.41. The second kappa shape index (κ2) is 9.16. The molecule has 0 fully saturated rings. The first-order valence-electron chi connectivity index (χ1n) is 8.86. The number of nitrogens with zero attached hydrogens (tertiary/aromatic N) is 4. The Balaban J connectivity index is 1.82. The number of nitriles is 1. The Morgan fingerprint density at radius 2 is 1.68 bits per heavy atom. The normalized spacial score (nSPS) is 10.3. The molecule has 0 aliphatic rings. The van der Waals surface area contributed by atoms with Gasteiger partial charge in [-0.15, -0.1) is 0 Å². The Labute approximate surface area is 169 Å². The van der Waals surface area contributed by atoms with Crippen LogP contribution in [-0.2, 0) is 11.3 Å². The summed E-state index contributed by atoms with van der Waals surface area (Å²) in [6.07, 6.45) is 0. The maximum Gasteiger partial charge on any atom is 0.237 e. The molecule has 1 heterocycles. The van der Waals surface area contributed by atoms with Crippen molar-refractivity contribution in [3.63, 3.8) is 0 Å². The minimum atomic E-state index is -0.0436. The molecule has 2 aromatic carbocycles. The molecule has 0 aliphatic carbocycles. The van der Waals surface area contributed by atoms with Crippen LogP contribution < -0.4 is 4.90 Å². The van der Waals surface area contributed by atoms with Gasteiger partial charge in [-0.2, -0.15) is 5.26 Å². The molecule has 1 aromatic heterocycles. The number of rotatable bonds is 6. The maximum absolute atomic E-state index is 13.1. The minimum Gasteiger partial charge on any atom is -0.307 e. The van der Waals surface area contributed by atoms with Gasteiger partial charge in [0.2, 0.25) is 5.91 Å². The number of benzene rings is 2. The Hall–Kier alpha value is -3.17. The van der Waals surface area contributed by atoms with Gasteiger partial charge in [-0.05, 0) is 31.5 Å². The molecule has 28 heavy (non-hydrogen) atoms. The topological polar surface area (TPSA) is 69.9 Å². The van der Waals surface area contributed by atoms with Crippen molar-refractivity contribution in [2.24, 2.45) is 0 Å². The van der Waals surface area contributed by atoms with Crippen LogP contribution in [0.3, 0.4) is 0 Å². The molecule has 6 heteroatoms. The van der Waals surface area contributed by atoms with Crippen molar-refractivity contribution >= 4 is 23.4 Å². The summed E-state index contributed by atoms with van der Waals surface area (Å²) in [5.41, 5.74) is 2.95. The van der Waals surface area contributed by atoms with Gasteiger partial charge in [-0.25, -0.2) is 9.97 Å². The molecule has 3 aromatic rings. The number of aryl methyl sites for hydroxylation is 2. The van der Waals surface area contributed by atoms with Crippen LogP contribution in [0.5, 0.6) is 0 Å². The molecule has 0 radical (unpaired) electrons. The van der Waals surface area contributed by atoms with E-state index in [-0.39, 0.29) is 11.7 Å². The molecule has 0 aliphatic heterocycles. The van der Waals surface area contributed by atoms with Crippen molar-refractivity contribution in [2.45, 2.75) is 25.4 Å². The summed E-state index contributed by atoms with van der Waals surface area (Å²) in [4.78, 5) is 23.4. The Morgan fingerprint density at radius 3 is 2.32 bits per heavy atom. The number of hydrogen-bond acceptors (Lipinski definition) is 5. The fourth-order valence-electron chi connectivity index (χ4n) is 2.82. The van der Waals surface area contributed by atoms with E-state index in [0.717, 1.165) is 11.3 Å². The summed E-state index contributed by atoms with van der Waals surface area (Å²) in [6, 6.07) is 21.6. The lowest BCUT2D eigenvalue weighted by atomic mass is 10.2. The molecule has 3 rings (SSSR count). The van der Waals surface area contributed by atoms with E-state index >= 15 is 0 Å². The van der Waals surface area contributed by atoms with E-state index in [1.54, 1.807) is 18.7 Å². The first-order valence-corrected chi connectivity index (χ1v) is 9.84. The van der Waals surface area contributed by atoms with E-state index in [0.29, 0.717) is 28.7 Å². The lowest BCUT2D eigenvalue weighted by Gasteiger charge is -2.23. The SMILES string of the molecule is Cc1nc(C)c(C#N)c(SCC(=O)N(Cc2ccccc2)c2ccccc2)n1. The molecule has 0 unspecified atom stereocenters. The highest BCUT2D eigenvalue weighted by Gasteiger charge is 2.18. The van der Waals surface area contributed by atoms with Crippen molar-refractivity contribution in [3.05, 3.63) is 83.3 Å². The summed E-state index contributed by atoms with van der Waals surface area (Å²) in [5.74, 6) is 0.736. The largest absolute Gasteiger partial charge is 0.307 e. The van der Waals surface area contributed by atoms with E-state index in [1.807, 2.05) is 60.7 Å². The monoisotopic (exact) mass is 388 g/mol. The third kappa shape index (κ3) is 4.76. The number of carbonyl (C=O) groups is 1. The molecule has 0 saturated carbocycles. The number of amides is 1. The third-order valence-corrected chi connectivity index (χ3v) is 5.13. The zero-order valence-electron chi connectivity index (χ0n) is 15.8. The van der Waals surface area contributed by atoms with E-state index < -0.39 is 0 Å². The van der Waals surface area contributed by atoms with Crippen LogP contribution in [0.1, 0.15) is 22.6 Å². The number of aromatic nitrogens is 2. The fraction of sp³-hybridized carbons (Fsp3) is 0.182. The number of thioether (sulfide) groups is 1. The van der Waals surface area contributed by atoms with Gasteiger partial charge in [0.05, 0.1) is 18.0 Å². The van der Waals surface area contributed by atoms with Crippen LogP contribution in [0.2, 0.25) is 0 Å². The molecule has 0 atom stereocenters. The molecule has 0 saturated heterocycles. The van der Waals surface area contributed by atoms with Crippen LogP contribution >= 0.6 is 11.8 Å². The molecule has 0 bridgehead atoms. The summed E-state index contributed by atoms with van der Waals surface area (Å²) in [5, 5.41) is 9.95. The van der Waals surface area contributed by atoms with E-state index in [1.165, 1.54) is 11.8 Å². The average Bonchev–Trinajstić information content (AvgIpc) is 2.71. The van der Waals surface area contributed by atoms with Crippen molar-refractivity contribution < 1.29 is 4.79 Å². The van der Waals surface area contributed by atoms with Crippen LogP contribution in [-0.4, -0.2) is 21.6 Å². The van der Waals surface area contributed by atoms with E-state index in [9.17, 15) is 10.1 Å². The van der Waals surface area contributed by atoms with Crippen molar-refractivity contribution in [3.8, 4) is 6.07 Å². The molecule has 0 N–H and O–H groups in total. The van der Waals surface area contributed by atoms with Crippen LogP contribution in [0, 0.1) is 25.2 Å². The predicted octanol–water partition coefficient (Wildman–Crippen LogP) is 4.29. The van der Waals surface area contributed by atoms with E-state index in [2.05, 4.69) is 16.0 Å². The zero-order chi connectivity index (χ0) is 19.9. The highest BCUT2D eigenvalue weighted by Crippen LogP contribution is 2.24. The van der Waals surface area contributed by atoms with Crippen LogP contribution in [0.25, 0.3) is 0 Å². The van der Waals surface area contributed by atoms with Gasteiger partial charge in [-0.3, -0.25) is 4.79 Å². The van der Waals surface area contributed by atoms with Gasteiger partial charge in [0.1, 0.15) is 22.5 Å². The first kappa shape index (κ1) is 19.6. The number of para-hydroxylation sites is 1. The van der Waals surface area contributed by atoms with Gasteiger partial charge < -0.3 is 4.90 Å². The average molecular weight is 388 g/mol. The van der Waals surface area contributed by atoms with Crippen LogP contribution in [0.4, 0.5) is 5.69 Å². The lowest BCUT2D eigenvalue weighted by molar-refractivity contribution is -0.116. The maximum atomic E-state index is 13.1. The molecular weight excluding hydrogens is 368 g/mol. The van der Waals surface area contributed by atoms with E-state index in [4.69, 9.17) is 0 Å². The minimum absolute atomic E-state index is 0.0436. The van der Waals surface area contributed by atoms with Gasteiger partial charge in [0.25, 0.3) is 0 Å². The number of carbonyl (C=O) groups excluding carboxylic acids is 1. The van der Waals surface area contributed by atoms with Gasteiger partial charge in [0.15, 0.2) is 0 Å². The van der Waals surface area contributed by atoms with Crippen LogP contribution in [0.15, 0.2) is 65.7 Å². The predicted molar refractivity (Wildman–Crippen MR) is 111 cm³/mol. The lowest BCUT2D eigenvalue weighted by Crippen LogP contribution is -2.32. The van der Waals surface area contributed by atoms with Gasteiger partial charge >= 0.3 is 0 Å². The number of hydrogen-bond donors (Lipinski definition) is 0. The highest BCUT2D eigenvalue weighted by molar-refractivity contribution is 8.00. The van der Waals surface area contributed by atoms with Gasteiger partial charge in [-0.1, -0.05) is 60.3 Å². The second-order valence-electron chi connectivity index (χ2n) is 6.24. The molecular formula is C22H20N4OS. The Morgan fingerprint density at radius 1 is 1.04 bits per heavy atom. The summed E-state index contributed by atoms with van der Waals surface area (Å²) < 4.78 is 0. The van der Waals surface area contributed by atoms with Gasteiger partial charge in [0, 0.05) is 5.69 Å². The smallest absolute Gasteiger partial charge is 0.237 e. The molecule has 0 spiro atoms. The number of anilines is 1. The fourth-order valence-corrected chi connectivity index (χ4v) is 3.77. The van der Waals surface area contributed by atoms with Crippen molar-refractivity contribution in [2.75, 3.05) is 10.7 Å².